The van der Waals surface area contributed by atoms with Crippen molar-refractivity contribution in [2.24, 2.45) is 0 Å². The number of halogens is 1. The molecule has 0 saturated carbocycles. The first-order chi connectivity index (χ1) is 17.9. The second-order valence-electron chi connectivity index (χ2n) is 8.13. The van der Waals surface area contributed by atoms with Crippen molar-refractivity contribution in [1.82, 2.24) is 0 Å². The number of ether oxygens (including phenoxy) is 2. The Morgan fingerprint density at radius 3 is 2.35 bits per heavy atom. The fraction of sp³-hybridized carbons (Fsp3) is 0.133. The van der Waals surface area contributed by atoms with Crippen molar-refractivity contribution < 1.29 is 19.1 Å². The van der Waals surface area contributed by atoms with Crippen molar-refractivity contribution in [3.63, 3.8) is 0 Å². The quantitative estimate of drug-likeness (QED) is 0.177. The van der Waals surface area contributed by atoms with Gasteiger partial charge in [0.15, 0.2) is 0 Å². The molecule has 0 aliphatic rings. The molecule has 1 aromatic heterocycles. The highest BCUT2D eigenvalue weighted by molar-refractivity contribution is 7.17. The van der Waals surface area contributed by atoms with Crippen LogP contribution < -0.4 is 10.1 Å². The largest absolute Gasteiger partial charge is 0.489 e. The van der Waals surface area contributed by atoms with E-state index in [4.69, 9.17) is 21.1 Å². The lowest BCUT2D eigenvalue weighted by Gasteiger charge is -2.08. The van der Waals surface area contributed by atoms with E-state index in [1.54, 1.807) is 25.1 Å². The Kier molecular flexibility index (Phi) is 8.77. The monoisotopic (exact) mass is 531 g/mol. The molecular weight excluding hydrogens is 506 g/mol. The smallest absolute Gasteiger partial charge is 0.341 e. The molecule has 1 amide bonds. The number of hydrogen-bond acceptors (Lipinski definition) is 5. The molecule has 37 heavy (non-hydrogen) atoms. The molecule has 0 unspecified atom stereocenters. The molecule has 0 bridgehead atoms. The number of thiophene rings is 1. The lowest BCUT2D eigenvalue weighted by molar-refractivity contribution is -0.111. The molecule has 7 heteroatoms. The van der Waals surface area contributed by atoms with Gasteiger partial charge in [0.25, 0.3) is 0 Å². The summed E-state index contributed by atoms with van der Waals surface area (Å²) in [5.41, 5.74) is 3.83. The molecule has 0 aliphatic heterocycles. The summed E-state index contributed by atoms with van der Waals surface area (Å²) in [6.07, 6.45) is 3.15. The summed E-state index contributed by atoms with van der Waals surface area (Å²) in [6.45, 7) is 4.37. The molecule has 3 aromatic carbocycles. The third kappa shape index (κ3) is 6.88. The van der Waals surface area contributed by atoms with E-state index in [-0.39, 0.29) is 12.5 Å². The normalized spacial score (nSPS) is 10.9. The molecule has 0 radical (unpaired) electrons. The molecule has 5 nitrogen and oxygen atoms in total. The van der Waals surface area contributed by atoms with Crippen LogP contribution in [0, 0.1) is 6.92 Å². The Labute approximate surface area is 225 Å². The minimum absolute atomic E-state index is 0.228. The number of hydrogen-bond donors (Lipinski definition) is 1. The lowest BCUT2D eigenvalue weighted by atomic mass is 10.0. The van der Waals surface area contributed by atoms with Crippen LogP contribution in [0.3, 0.4) is 0 Å². The number of esters is 1. The number of nitrogens with one attached hydrogen (secondary N) is 1. The Morgan fingerprint density at radius 2 is 1.68 bits per heavy atom. The Balaban J connectivity index is 1.47. The van der Waals surface area contributed by atoms with Crippen molar-refractivity contribution >= 4 is 45.9 Å². The second-order valence-corrected chi connectivity index (χ2v) is 9.79. The molecule has 188 valence electrons. The third-order valence-corrected chi connectivity index (χ3v) is 6.76. The molecule has 1 N–H and O–H groups in total. The highest BCUT2D eigenvalue weighted by Crippen LogP contribution is 2.40. The summed E-state index contributed by atoms with van der Waals surface area (Å²) in [5, 5.41) is 3.90. The van der Waals surface area contributed by atoms with Gasteiger partial charge in [-0.2, -0.15) is 0 Å². The zero-order valence-corrected chi connectivity index (χ0v) is 22.1. The summed E-state index contributed by atoms with van der Waals surface area (Å²) < 4.78 is 11.1. The second kappa shape index (κ2) is 12.4. The van der Waals surface area contributed by atoms with Gasteiger partial charge in [0, 0.05) is 21.5 Å². The average molecular weight is 532 g/mol. The van der Waals surface area contributed by atoms with E-state index in [0.29, 0.717) is 22.2 Å². The average Bonchev–Trinajstić information content (AvgIpc) is 3.23. The van der Waals surface area contributed by atoms with Gasteiger partial charge in [-0.15, -0.1) is 11.3 Å². The first-order valence-electron chi connectivity index (χ1n) is 11.8. The first kappa shape index (κ1) is 26.2. The van der Waals surface area contributed by atoms with Crippen LogP contribution in [0.1, 0.15) is 33.3 Å². The van der Waals surface area contributed by atoms with Crippen LogP contribution in [0.25, 0.3) is 17.2 Å². The number of rotatable bonds is 9. The fourth-order valence-electron chi connectivity index (χ4n) is 3.74. The molecule has 1 heterocycles. The number of aryl methyl sites for hydroxylation is 1. The van der Waals surface area contributed by atoms with Gasteiger partial charge in [0.2, 0.25) is 5.91 Å². The van der Waals surface area contributed by atoms with Crippen molar-refractivity contribution in [2.75, 3.05) is 11.9 Å². The zero-order valence-electron chi connectivity index (χ0n) is 20.5. The van der Waals surface area contributed by atoms with Crippen LogP contribution in [0.15, 0.2) is 84.9 Å². The third-order valence-electron chi connectivity index (χ3n) is 5.49. The minimum Gasteiger partial charge on any atom is -0.489 e. The first-order valence-corrected chi connectivity index (χ1v) is 13.0. The highest BCUT2D eigenvalue weighted by Gasteiger charge is 2.25. The number of amides is 1. The topological polar surface area (TPSA) is 64.6 Å². The van der Waals surface area contributed by atoms with E-state index in [1.807, 2.05) is 73.7 Å². The molecule has 0 saturated heterocycles. The van der Waals surface area contributed by atoms with Crippen molar-refractivity contribution in [2.45, 2.75) is 20.5 Å². The van der Waals surface area contributed by atoms with Gasteiger partial charge in [-0.05, 0) is 60.9 Å². The van der Waals surface area contributed by atoms with Crippen molar-refractivity contribution in [1.29, 1.82) is 0 Å². The fourth-order valence-corrected chi connectivity index (χ4v) is 4.93. The van der Waals surface area contributed by atoms with E-state index in [2.05, 4.69) is 5.32 Å². The van der Waals surface area contributed by atoms with E-state index in [9.17, 15) is 9.59 Å². The molecule has 4 aromatic rings. The molecule has 4 rings (SSSR count). The molecule has 0 fully saturated rings. The van der Waals surface area contributed by atoms with Gasteiger partial charge < -0.3 is 14.8 Å². The van der Waals surface area contributed by atoms with Gasteiger partial charge in [-0.3, -0.25) is 4.79 Å². The van der Waals surface area contributed by atoms with Crippen LogP contribution in [0.5, 0.6) is 5.75 Å². The van der Waals surface area contributed by atoms with Crippen molar-refractivity contribution in [3.05, 3.63) is 112 Å². The van der Waals surface area contributed by atoms with Crippen molar-refractivity contribution in [3.8, 4) is 16.9 Å². The van der Waals surface area contributed by atoms with Crippen LogP contribution in [-0.2, 0) is 16.1 Å². The molecule has 0 atom stereocenters. The van der Waals surface area contributed by atoms with Crippen LogP contribution in [0.4, 0.5) is 5.00 Å². The predicted octanol–water partition coefficient (Wildman–Crippen LogP) is 7.78. The van der Waals surface area contributed by atoms with Gasteiger partial charge in [0.05, 0.1) is 6.61 Å². The lowest BCUT2D eigenvalue weighted by Crippen LogP contribution is -2.12. The Morgan fingerprint density at radius 1 is 0.973 bits per heavy atom. The summed E-state index contributed by atoms with van der Waals surface area (Å²) in [4.78, 5) is 26.5. The summed E-state index contributed by atoms with van der Waals surface area (Å²) >= 11 is 7.37. The maximum absolute atomic E-state index is 12.9. The van der Waals surface area contributed by atoms with Gasteiger partial charge in [-0.1, -0.05) is 66.2 Å². The Hall–Kier alpha value is -3.87. The zero-order chi connectivity index (χ0) is 26.2. The standard InChI is InChI=1S/C30H26ClNO4S/c1-3-35-30(34)28-27(23-12-14-24(31)15-13-23)20(2)37-29(28)32-26(33)18-11-21-9-16-25(17-10-21)36-19-22-7-5-4-6-8-22/h4-18H,3,19H2,1-2H3,(H,32,33). The van der Waals surface area contributed by atoms with Gasteiger partial charge in [-0.25, -0.2) is 4.79 Å². The highest BCUT2D eigenvalue weighted by atomic mass is 35.5. The molecule has 0 aliphatic carbocycles. The SMILES string of the molecule is CCOC(=O)c1c(NC(=O)C=Cc2ccc(OCc3ccccc3)cc2)sc(C)c1-c1ccc(Cl)cc1. The maximum Gasteiger partial charge on any atom is 0.341 e. The van der Waals surface area contributed by atoms with Crippen LogP contribution >= 0.6 is 22.9 Å². The summed E-state index contributed by atoms with van der Waals surface area (Å²) in [7, 11) is 0. The van der Waals surface area contributed by atoms with Gasteiger partial charge >= 0.3 is 5.97 Å². The number of anilines is 1. The summed E-state index contributed by atoms with van der Waals surface area (Å²) in [6, 6.07) is 24.6. The summed E-state index contributed by atoms with van der Waals surface area (Å²) in [5.74, 6) is -0.0886. The van der Waals surface area contributed by atoms with Gasteiger partial charge in [0.1, 0.15) is 22.9 Å². The number of carbonyl (C=O) groups is 2. The number of carbonyl (C=O) groups excluding carboxylic acids is 2. The predicted molar refractivity (Wildman–Crippen MR) is 150 cm³/mol. The Bertz CT molecular complexity index is 1390. The number of benzene rings is 3. The minimum atomic E-state index is -0.484. The molecule has 0 spiro atoms. The van der Waals surface area contributed by atoms with E-state index in [1.165, 1.54) is 17.4 Å². The van der Waals surface area contributed by atoms with Crippen LogP contribution in [0.2, 0.25) is 5.02 Å². The molecular formula is C30H26ClNO4S. The van der Waals surface area contributed by atoms with E-state index in [0.717, 1.165) is 32.9 Å². The van der Waals surface area contributed by atoms with Crippen LogP contribution in [-0.4, -0.2) is 18.5 Å². The van der Waals surface area contributed by atoms with E-state index < -0.39 is 5.97 Å². The maximum atomic E-state index is 12.9. The van der Waals surface area contributed by atoms with E-state index >= 15 is 0 Å².